The van der Waals surface area contributed by atoms with E-state index in [-0.39, 0.29) is 6.04 Å². The highest BCUT2D eigenvalue weighted by atomic mass is 32.2. The van der Waals surface area contributed by atoms with Crippen molar-refractivity contribution in [3.8, 4) is 5.75 Å². The summed E-state index contributed by atoms with van der Waals surface area (Å²) in [6.45, 7) is 1.98. The number of aromatic amines is 1. The van der Waals surface area contributed by atoms with E-state index in [1.165, 1.54) is 0 Å². The van der Waals surface area contributed by atoms with Crippen molar-refractivity contribution >= 4 is 22.8 Å². The Morgan fingerprint density at radius 2 is 1.95 bits per heavy atom. The molecule has 1 atom stereocenters. The zero-order chi connectivity index (χ0) is 14.8. The number of hydrogen-bond donors (Lipinski definition) is 2. The van der Waals surface area contributed by atoms with Crippen LogP contribution in [0.5, 0.6) is 5.75 Å². The average molecular weight is 299 g/mol. The first-order valence-electron chi connectivity index (χ1n) is 6.73. The van der Waals surface area contributed by atoms with Gasteiger partial charge in [-0.1, -0.05) is 23.9 Å². The van der Waals surface area contributed by atoms with E-state index >= 15 is 0 Å². The minimum atomic E-state index is 0.0581. The van der Waals surface area contributed by atoms with E-state index in [4.69, 9.17) is 10.5 Å². The Morgan fingerprint density at radius 3 is 2.62 bits per heavy atom. The molecule has 21 heavy (non-hydrogen) atoms. The number of fused-ring (bicyclic) bond motifs is 1. The Hall–Kier alpha value is -1.98. The first-order chi connectivity index (χ1) is 10.2. The quantitative estimate of drug-likeness (QED) is 0.770. The highest BCUT2D eigenvalue weighted by Crippen LogP contribution is 2.29. The first kappa shape index (κ1) is 14.0. The number of nitrogens with zero attached hydrogens (tertiary/aromatic N) is 1. The van der Waals surface area contributed by atoms with Gasteiger partial charge in [-0.2, -0.15) is 0 Å². The summed E-state index contributed by atoms with van der Waals surface area (Å²) in [7, 11) is 1.66. The monoisotopic (exact) mass is 299 g/mol. The topological polar surface area (TPSA) is 63.9 Å². The van der Waals surface area contributed by atoms with E-state index in [0.717, 1.165) is 32.4 Å². The van der Waals surface area contributed by atoms with Gasteiger partial charge in [0.25, 0.3) is 0 Å². The molecule has 4 nitrogen and oxygen atoms in total. The summed E-state index contributed by atoms with van der Waals surface area (Å²) in [5, 5.41) is 0.867. The number of benzene rings is 2. The Bertz CT molecular complexity index is 750. The zero-order valence-electron chi connectivity index (χ0n) is 12.0. The number of methoxy groups -OCH3 is 1. The summed E-state index contributed by atoms with van der Waals surface area (Å²) >= 11 is 1.60. The molecule has 0 bridgehead atoms. The standard InChI is InChI=1S/C16H17N3OS/c1-10(17)11-3-6-13(7-4-11)21-16-18-14-8-5-12(20-2)9-15(14)19-16/h3-10H,17H2,1-2H3,(H,18,19)/t10-/m1/s1. The van der Waals surface area contributed by atoms with Crippen molar-refractivity contribution in [1.82, 2.24) is 9.97 Å². The predicted molar refractivity (Wildman–Crippen MR) is 85.8 cm³/mol. The minimum Gasteiger partial charge on any atom is -0.497 e. The molecular weight excluding hydrogens is 282 g/mol. The fourth-order valence-electron chi connectivity index (χ4n) is 2.09. The summed E-state index contributed by atoms with van der Waals surface area (Å²) in [6, 6.07) is 14.1. The fraction of sp³-hybridized carbons (Fsp3) is 0.188. The van der Waals surface area contributed by atoms with Crippen LogP contribution < -0.4 is 10.5 Å². The highest BCUT2D eigenvalue weighted by Gasteiger charge is 2.06. The van der Waals surface area contributed by atoms with Crippen molar-refractivity contribution in [3.05, 3.63) is 48.0 Å². The molecule has 0 radical (unpaired) electrons. The Morgan fingerprint density at radius 1 is 1.19 bits per heavy atom. The fourth-order valence-corrected chi connectivity index (χ4v) is 2.89. The first-order valence-corrected chi connectivity index (χ1v) is 7.54. The van der Waals surface area contributed by atoms with Crippen LogP contribution in [0, 0.1) is 0 Å². The number of imidazole rings is 1. The van der Waals surface area contributed by atoms with E-state index in [2.05, 4.69) is 34.2 Å². The molecule has 0 saturated carbocycles. The van der Waals surface area contributed by atoms with E-state index in [1.807, 2.05) is 25.1 Å². The molecule has 1 aromatic heterocycles. The number of aromatic nitrogens is 2. The smallest absolute Gasteiger partial charge is 0.171 e. The van der Waals surface area contributed by atoms with E-state index in [9.17, 15) is 0 Å². The van der Waals surface area contributed by atoms with Crippen molar-refractivity contribution < 1.29 is 4.74 Å². The normalized spacial score (nSPS) is 12.5. The number of H-pyrrole nitrogens is 1. The second-order valence-corrected chi connectivity index (χ2v) is 5.95. The van der Waals surface area contributed by atoms with E-state index < -0.39 is 0 Å². The molecule has 0 amide bonds. The Balaban J connectivity index is 1.84. The van der Waals surface area contributed by atoms with Crippen molar-refractivity contribution in [2.75, 3.05) is 7.11 Å². The van der Waals surface area contributed by atoms with Crippen molar-refractivity contribution in [2.24, 2.45) is 5.73 Å². The molecule has 3 N–H and O–H groups in total. The molecular formula is C16H17N3OS. The molecule has 3 rings (SSSR count). The van der Waals surface area contributed by atoms with Crippen LogP contribution in [0.4, 0.5) is 0 Å². The second kappa shape index (κ2) is 5.79. The summed E-state index contributed by atoms with van der Waals surface area (Å²) in [5.41, 5.74) is 8.90. The Labute approximate surface area is 127 Å². The van der Waals surface area contributed by atoms with Gasteiger partial charge in [0.2, 0.25) is 0 Å². The molecule has 0 aliphatic rings. The van der Waals surface area contributed by atoms with E-state index in [0.29, 0.717) is 0 Å². The third-order valence-corrected chi connectivity index (χ3v) is 4.18. The van der Waals surface area contributed by atoms with Crippen LogP contribution >= 0.6 is 11.8 Å². The van der Waals surface area contributed by atoms with Crippen LogP contribution in [-0.2, 0) is 0 Å². The van der Waals surface area contributed by atoms with Gasteiger partial charge in [-0.25, -0.2) is 4.98 Å². The Kier molecular flexibility index (Phi) is 3.86. The molecule has 0 saturated heterocycles. The van der Waals surface area contributed by atoms with Crippen LogP contribution in [0.15, 0.2) is 52.5 Å². The van der Waals surface area contributed by atoms with Gasteiger partial charge in [0.05, 0.1) is 18.1 Å². The molecule has 0 aliphatic carbocycles. The average Bonchev–Trinajstić information content (AvgIpc) is 2.88. The molecule has 108 valence electrons. The van der Waals surface area contributed by atoms with Gasteiger partial charge in [0.15, 0.2) is 5.16 Å². The third-order valence-electron chi connectivity index (χ3n) is 3.29. The lowest BCUT2D eigenvalue weighted by Gasteiger charge is -2.05. The number of nitrogens with one attached hydrogen (secondary N) is 1. The highest BCUT2D eigenvalue weighted by molar-refractivity contribution is 7.99. The van der Waals surface area contributed by atoms with Gasteiger partial charge in [-0.3, -0.25) is 0 Å². The summed E-state index contributed by atoms with van der Waals surface area (Å²) in [6.07, 6.45) is 0. The molecule has 0 fully saturated rings. The third kappa shape index (κ3) is 3.04. The van der Waals surface area contributed by atoms with Gasteiger partial charge in [-0.05, 0) is 36.8 Å². The molecule has 0 unspecified atom stereocenters. The second-order valence-electron chi connectivity index (χ2n) is 4.88. The molecule has 0 spiro atoms. The summed E-state index contributed by atoms with van der Waals surface area (Å²) < 4.78 is 5.22. The lowest BCUT2D eigenvalue weighted by molar-refractivity contribution is 0.415. The molecule has 2 aromatic carbocycles. The van der Waals surface area contributed by atoms with Crippen LogP contribution in [0.25, 0.3) is 11.0 Å². The van der Waals surface area contributed by atoms with Gasteiger partial charge < -0.3 is 15.5 Å². The van der Waals surface area contributed by atoms with Crippen molar-refractivity contribution in [1.29, 1.82) is 0 Å². The van der Waals surface area contributed by atoms with Crippen molar-refractivity contribution in [2.45, 2.75) is 23.0 Å². The van der Waals surface area contributed by atoms with Gasteiger partial charge in [-0.15, -0.1) is 0 Å². The summed E-state index contributed by atoms with van der Waals surface area (Å²) in [5.74, 6) is 0.823. The maximum absolute atomic E-state index is 5.86. The lowest BCUT2D eigenvalue weighted by atomic mass is 10.1. The maximum atomic E-state index is 5.86. The molecule has 3 aromatic rings. The number of nitrogens with two attached hydrogens (primary N) is 1. The van der Waals surface area contributed by atoms with Gasteiger partial charge in [0.1, 0.15) is 5.75 Å². The molecule has 1 heterocycles. The molecule has 5 heteroatoms. The number of ether oxygens (including phenoxy) is 1. The lowest BCUT2D eigenvalue weighted by Crippen LogP contribution is -2.04. The summed E-state index contributed by atoms with van der Waals surface area (Å²) in [4.78, 5) is 9.00. The van der Waals surface area contributed by atoms with Crippen LogP contribution in [0.1, 0.15) is 18.5 Å². The maximum Gasteiger partial charge on any atom is 0.171 e. The van der Waals surface area contributed by atoms with Gasteiger partial charge in [0, 0.05) is 17.0 Å². The largest absolute Gasteiger partial charge is 0.497 e. The predicted octanol–water partition coefficient (Wildman–Crippen LogP) is 3.74. The van der Waals surface area contributed by atoms with E-state index in [1.54, 1.807) is 18.9 Å². The van der Waals surface area contributed by atoms with Gasteiger partial charge >= 0.3 is 0 Å². The number of rotatable bonds is 4. The van der Waals surface area contributed by atoms with Crippen LogP contribution in [0.2, 0.25) is 0 Å². The van der Waals surface area contributed by atoms with Crippen LogP contribution in [-0.4, -0.2) is 17.1 Å². The SMILES string of the molecule is COc1ccc2nc(Sc3ccc([C@@H](C)N)cc3)[nH]c2c1. The van der Waals surface area contributed by atoms with Crippen LogP contribution in [0.3, 0.4) is 0 Å². The minimum absolute atomic E-state index is 0.0581. The van der Waals surface area contributed by atoms with Crippen molar-refractivity contribution in [3.63, 3.8) is 0 Å². The zero-order valence-corrected chi connectivity index (χ0v) is 12.8. The number of hydrogen-bond acceptors (Lipinski definition) is 4. The molecule has 0 aliphatic heterocycles.